The Balaban J connectivity index is 1.68. The molecule has 1 aliphatic rings. The molecule has 3 aromatic carbocycles. The lowest BCUT2D eigenvalue weighted by Gasteiger charge is -2.33. The number of nitrogens with zero attached hydrogens (tertiary/aromatic N) is 2. The fourth-order valence-corrected chi connectivity index (χ4v) is 7.14. The van der Waals surface area contributed by atoms with E-state index in [2.05, 4.69) is 35.1 Å². The maximum atomic E-state index is 14.1. The summed E-state index contributed by atoms with van der Waals surface area (Å²) in [5.74, 6) is -0.429. The molecule has 1 atom stereocenters. The van der Waals surface area contributed by atoms with Gasteiger partial charge >= 0.3 is 0 Å². The fraction of sp³-hybridized carbons (Fsp3) is 0.394. The van der Waals surface area contributed by atoms with Crippen LogP contribution in [-0.4, -0.2) is 43.8 Å². The Labute approximate surface area is 258 Å². The number of hydrogen-bond acceptors (Lipinski definition) is 4. The molecule has 0 bridgehead atoms. The molecule has 0 aromatic heterocycles. The van der Waals surface area contributed by atoms with Gasteiger partial charge in [0, 0.05) is 17.1 Å². The van der Waals surface area contributed by atoms with Crippen molar-refractivity contribution in [3.63, 3.8) is 0 Å². The van der Waals surface area contributed by atoms with Gasteiger partial charge in [0.15, 0.2) is 0 Å². The van der Waals surface area contributed by atoms with Crippen molar-refractivity contribution >= 4 is 43.5 Å². The normalized spacial score (nSPS) is 14.8. The minimum absolute atomic E-state index is 0.0888. The van der Waals surface area contributed by atoms with Gasteiger partial charge < -0.3 is 10.2 Å². The van der Waals surface area contributed by atoms with Crippen molar-refractivity contribution in [2.24, 2.45) is 0 Å². The molecule has 7 nitrogen and oxygen atoms in total. The molecule has 0 spiro atoms. The molecule has 0 saturated heterocycles. The van der Waals surface area contributed by atoms with E-state index in [1.165, 1.54) is 23.5 Å². The Morgan fingerprint density at radius 3 is 2.19 bits per heavy atom. The lowest BCUT2D eigenvalue weighted by molar-refractivity contribution is -0.139. The van der Waals surface area contributed by atoms with Crippen LogP contribution < -0.4 is 9.62 Å². The van der Waals surface area contributed by atoms with Crippen LogP contribution in [0.1, 0.15) is 69.9 Å². The second-order valence-corrected chi connectivity index (χ2v) is 14.0. The van der Waals surface area contributed by atoms with Crippen molar-refractivity contribution in [2.45, 2.75) is 82.3 Å². The number of amides is 2. The van der Waals surface area contributed by atoms with E-state index in [0.29, 0.717) is 5.69 Å². The highest BCUT2D eigenvalue weighted by molar-refractivity contribution is 9.10. The van der Waals surface area contributed by atoms with Crippen LogP contribution in [-0.2, 0) is 26.2 Å². The minimum atomic E-state index is -4.09. The predicted octanol–water partition coefficient (Wildman–Crippen LogP) is 6.63. The van der Waals surface area contributed by atoms with Gasteiger partial charge in [-0.05, 0) is 73.2 Å². The van der Waals surface area contributed by atoms with E-state index >= 15 is 0 Å². The van der Waals surface area contributed by atoms with Gasteiger partial charge in [-0.2, -0.15) is 0 Å². The predicted molar refractivity (Wildman–Crippen MR) is 171 cm³/mol. The van der Waals surface area contributed by atoms with Crippen molar-refractivity contribution in [1.29, 1.82) is 0 Å². The summed E-state index contributed by atoms with van der Waals surface area (Å²) in [5.41, 5.74) is 2.28. The van der Waals surface area contributed by atoms with E-state index in [9.17, 15) is 18.0 Å². The number of sulfonamides is 1. The standard InChI is InChI=1S/C33H40BrN3O4S/c1-24(2)27-17-19-30(20-18-27)37(42(40,41)31-15-8-5-9-16-31)23-32(38)36(22-26-11-10-12-28(34)21-26)25(3)33(39)35-29-13-6-4-7-14-29/h5,8-12,15-21,24-25,29H,4,6-7,13-14,22-23H2,1-3H3,(H,35,39). The zero-order valence-electron chi connectivity index (χ0n) is 24.5. The van der Waals surface area contributed by atoms with E-state index in [1.807, 2.05) is 36.4 Å². The quantitative estimate of drug-likeness (QED) is 0.252. The summed E-state index contributed by atoms with van der Waals surface area (Å²) in [7, 11) is -4.09. The molecule has 0 radical (unpaired) electrons. The van der Waals surface area contributed by atoms with E-state index in [-0.39, 0.29) is 29.3 Å². The zero-order chi connectivity index (χ0) is 30.3. The van der Waals surface area contributed by atoms with Crippen LogP contribution in [0.2, 0.25) is 0 Å². The number of carbonyl (C=O) groups is 2. The Kier molecular flexibility index (Phi) is 10.8. The second-order valence-electron chi connectivity index (χ2n) is 11.2. The van der Waals surface area contributed by atoms with Crippen LogP contribution in [0.25, 0.3) is 0 Å². The van der Waals surface area contributed by atoms with E-state index in [1.54, 1.807) is 37.3 Å². The van der Waals surface area contributed by atoms with Crippen molar-refractivity contribution in [2.75, 3.05) is 10.8 Å². The molecule has 1 N–H and O–H groups in total. The average Bonchev–Trinajstić information content (AvgIpc) is 2.99. The van der Waals surface area contributed by atoms with E-state index in [0.717, 1.165) is 45.6 Å². The van der Waals surface area contributed by atoms with Gasteiger partial charge in [0.1, 0.15) is 12.6 Å². The van der Waals surface area contributed by atoms with Gasteiger partial charge in [0.05, 0.1) is 10.6 Å². The molecular weight excluding hydrogens is 614 g/mol. The lowest BCUT2D eigenvalue weighted by atomic mass is 9.95. The van der Waals surface area contributed by atoms with Crippen LogP contribution in [0.15, 0.2) is 88.2 Å². The SMILES string of the molecule is CC(C)c1ccc(N(CC(=O)N(Cc2cccc(Br)c2)C(C)C(=O)NC2CCCCC2)S(=O)(=O)c2ccccc2)cc1. The highest BCUT2D eigenvalue weighted by Crippen LogP contribution is 2.27. The van der Waals surface area contributed by atoms with Gasteiger partial charge in [-0.15, -0.1) is 0 Å². The van der Waals surface area contributed by atoms with Crippen molar-refractivity contribution < 1.29 is 18.0 Å². The summed E-state index contributed by atoms with van der Waals surface area (Å²) in [4.78, 5) is 29.2. The van der Waals surface area contributed by atoms with Crippen LogP contribution in [0.4, 0.5) is 5.69 Å². The molecule has 1 saturated carbocycles. The molecule has 0 aliphatic heterocycles. The topological polar surface area (TPSA) is 86.8 Å². The Bertz CT molecular complexity index is 1460. The molecule has 1 fully saturated rings. The second kappa shape index (κ2) is 14.3. The van der Waals surface area contributed by atoms with Crippen LogP contribution in [0.5, 0.6) is 0 Å². The first-order chi connectivity index (χ1) is 20.1. The first-order valence-electron chi connectivity index (χ1n) is 14.6. The molecular formula is C33H40BrN3O4S. The zero-order valence-corrected chi connectivity index (χ0v) is 26.9. The van der Waals surface area contributed by atoms with Gasteiger partial charge in [0.2, 0.25) is 11.8 Å². The highest BCUT2D eigenvalue weighted by Gasteiger charge is 2.33. The average molecular weight is 655 g/mol. The Morgan fingerprint density at radius 1 is 0.905 bits per heavy atom. The number of nitrogens with one attached hydrogen (secondary N) is 1. The number of anilines is 1. The lowest BCUT2D eigenvalue weighted by Crippen LogP contribution is -2.53. The summed E-state index contributed by atoms with van der Waals surface area (Å²) in [6.45, 7) is 5.55. The molecule has 224 valence electrons. The molecule has 9 heteroatoms. The molecule has 3 aromatic rings. The molecule has 1 unspecified atom stereocenters. The Hall–Kier alpha value is -3.17. The summed E-state index contributed by atoms with van der Waals surface area (Å²) < 4.78 is 29.9. The molecule has 4 rings (SSSR count). The molecule has 1 aliphatic carbocycles. The highest BCUT2D eigenvalue weighted by atomic mass is 79.9. The van der Waals surface area contributed by atoms with Crippen LogP contribution in [0.3, 0.4) is 0 Å². The van der Waals surface area contributed by atoms with E-state index < -0.39 is 28.5 Å². The van der Waals surface area contributed by atoms with Gasteiger partial charge in [0.25, 0.3) is 10.0 Å². The monoisotopic (exact) mass is 653 g/mol. The van der Waals surface area contributed by atoms with Crippen molar-refractivity contribution in [3.05, 3.63) is 94.5 Å². The van der Waals surface area contributed by atoms with Crippen LogP contribution in [0, 0.1) is 0 Å². The molecule has 2 amide bonds. The number of carbonyl (C=O) groups excluding carboxylic acids is 2. The third-order valence-electron chi connectivity index (χ3n) is 7.82. The maximum Gasteiger partial charge on any atom is 0.264 e. The van der Waals surface area contributed by atoms with E-state index in [4.69, 9.17) is 0 Å². The summed E-state index contributed by atoms with van der Waals surface area (Å²) in [5, 5.41) is 3.14. The number of halogens is 1. The van der Waals surface area contributed by atoms with Crippen molar-refractivity contribution in [3.8, 4) is 0 Å². The third kappa shape index (κ3) is 8.01. The summed E-state index contributed by atoms with van der Waals surface area (Å²) in [6.07, 6.45) is 5.16. The van der Waals surface area contributed by atoms with Gasteiger partial charge in [-0.3, -0.25) is 13.9 Å². The number of rotatable bonds is 11. The van der Waals surface area contributed by atoms with Crippen molar-refractivity contribution in [1.82, 2.24) is 10.2 Å². The minimum Gasteiger partial charge on any atom is -0.352 e. The summed E-state index contributed by atoms with van der Waals surface area (Å²) in [6, 6.07) is 22.2. The smallest absolute Gasteiger partial charge is 0.264 e. The summed E-state index contributed by atoms with van der Waals surface area (Å²) >= 11 is 3.49. The number of benzene rings is 3. The van der Waals surface area contributed by atoms with Crippen LogP contribution >= 0.6 is 15.9 Å². The maximum absolute atomic E-state index is 14.1. The molecule has 42 heavy (non-hydrogen) atoms. The van der Waals surface area contributed by atoms with Gasteiger partial charge in [-0.25, -0.2) is 8.42 Å². The first kappa shape index (κ1) is 31.8. The number of hydrogen-bond donors (Lipinski definition) is 1. The fourth-order valence-electron chi connectivity index (χ4n) is 5.26. The molecule has 0 heterocycles. The van der Waals surface area contributed by atoms with Gasteiger partial charge in [-0.1, -0.05) is 91.5 Å². The third-order valence-corrected chi connectivity index (χ3v) is 10.1. The largest absolute Gasteiger partial charge is 0.352 e. The first-order valence-corrected chi connectivity index (χ1v) is 16.8. The Morgan fingerprint density at radius 2 is 1.57 bits per heavy atom.